The molecule has 1 amide bonds. The molecule has 0 aliphatic carbocycles. The van der Waals surface area contributed by atoms with Crippen LogP contribution in [0.3, 0.4) is 0 Å². The molecule has 2 heterocycles. The summed E-state index contributed by atoms with van der Waals surface area (Å²) in [4.78, 5) is 19.7. The zero-order chi connectivity index (χ0) is 13.0. The van der Waals surface area contributed by atoms with E-state index in [1.54, 1.807) is 19.1 Å². The smallest absolute Gasteiger partial charge is 0.252 e. The number of halogens is 1. The van der Waals surface area contributed by atoms with Crippen molar-refractivity contribution in [1.29, 1.82) is 0 Å². The number of hydrogen-bond acceptors (Lipinski definition) is 5. The maximum Gasteiger partial charge on any atom is 0.252 e. The molecule has 2 aromatic rings. The van der Waals surface area contributed by atoms with Crippen molar-refractivity contribution in [1.82, 2.24) is 20.4 Å². The second-order valence-corrected chi connectivity index (χ2v) is 4.42. The normalized spacial score (nSPS) is 10.3. The lowest BCUT2D eigenvalue weighted by Crippen LogP contribution is -2.25. The van der Waals surface area contributed by atoms with Gasteiger partial charge in [0.15, 0.2) is 5.82 Å². The summed E-state index contributed by atoms with van der Waals surface area (Å²) in [7, 11) is 0. The number of carbonyl (C=O) groups is 1. The topological polar surface area (TPSA) is 80.9 Å². The number of nitrogens with one attached hydrogen (secondary N) is 1. The largest absolute Gasteiger partial charge is 0.351 e. The summed E-state index contributed by atoms with van der Waals surface area (Å²) in [6, 6.07) is 3.42. The van der Waals surface area contributed by atoms with Crippen molar-refractivity contribution >= 4 is 21.8 Å². The predicted octanol–water partition coefficient (Wildman–Crippen LogP) is 1.51. The molecular weight excluding hydrogens is 300 g/mol. The van der Waals surface area contributed by atoms with Gasteiger partial charge in [-0.3, -0.25) is 4.79 Å². The standard InChI is InChI=1S/C11H11BrN4O2/c1-7-15-10(18-16-7)4-5-13-11(17)8-2-3-9(12)14-6-8/h2-3,6H,4-5H2,1H3,(H,13,17). The summed E-state index contributed by atoms with van der Waals surface area (Å²) < 4.78 is 5.63. The molecule has 0 saturated carbocycles. The Morgan fingerprint density at radius 1 is 1.50 bits per heavy atom. The van der Waals surface area contributed by atoms with Crippen LogP contribution in [0.2, 0.25) is 0 Å². The number of carbonyl (C=O) groups excluding carboxylic acids is 1. The van der Waals surface area contributed by atoms with Crippen LogP contribution in [0.15, 0.2) is 27.5 Å². The molecule has 0 aliphatic rings. The van der Waals surface area contributed by atoms with Crippen LogP contribution in [0.1, 0.15) is 22.1 Å². The Balaban J connectivity index is 1.83. The van der Waals surface area contributed by atoms with E-state index in [1.165, 1.54) is 6.20 Å². The van der Waals surface area contributed by atoms with Crippen LogP contribution in [0.25, 0.3) is 0 Å². The van der Waals surface area contributed by atoms with E-state index in [-0.39, 0.29) is 5.91 Å². The Labute approximate surface area is 112 Å². The van der Waals surface area contributed by atoms with Gasteiger partial charge in [-0.1, -0.05) is 5.16 Å². The second-order valence-electron chi connectivity index (χ2n) is 3.61. The fraction of sp³-hybridized carbons (Fsp3) is 0.273. The van der Waals surface area contributed by atoms with Gasteiger partial charge in [-0.25, -0.2) is 4.98 Å². The quantitative estimate of drug-likeness (QED) is 0.866. The fourth-order valence-corrected chi connectivity index (χ4v) is 1.57. The van der Waals surface area contributed by atoms with Gasteiger partial charge in [0.2, 0.25) is 5.89 Å². The van der Waals surface area contributed by atoms with Crippen molar-refractivity contribution in [2.24, 2.45) is 0 Å². The van der Waals surface area contributed by atoms with Crippen molar-refractivity contribution in [3.05, 3.63) is 40.2 Å². The molecule has 0 unspecified atom stereocenters. The average molecular weight is 311 g/mol. The SMILES string of the molecule is Cc1noc(CCNC(=O)c2ccc(Br)nc2)n1. The summed E-state index contributed by atoms with van der Waals surface area (Å²) in [5, 5.41) is 6.42. The first kappa shape index (κ1) is 12.7. The van der Waals surface area contributed by atoms with Crippen LogP contribution in [0.5, 0.6) is 0 Å². The molecule has 94 valence electrons. The number of aromatic nitrogens is 3. The molecule has 1 N–H and O–H groups in total. The Morgan fingerprint density at radius 2 is 2.33 bits per heavy atom. The molecule has 0 aliphatic heterocycles. The van der Waals surface area contributed by atoms with Gasteiger partial charge in [-0.05, 0) is 35.0 Å². The maximum absolute atomic E-state index is 11.7. The number of hydrogen-bond donors (Lipinski definition) is 1. The van der Waals surface area contributed by atoms with Crippen LogP contribution >= 0.6 is 15.9 Å². The van der Waals surface area contributed by atoms with E-state index in [9.17, 15) is 4.79 Å². The highest BCUT2D eigenvalue weighted by molar-refractivity contribution is 9.10. The zero-order valence-electron chi connectivity index (χ0n) is 9.68. The highest BCUT2D eigenvalue weighted by Crippen LogP contribution is 2.06. The fourth-order valence-electron chi connectivity index (χ4n) is 1.34. The lowest BCUT2D eigenvalue weighted by atomic mass is 10.2. The number of amides is 1. The first-order valence-electron chi connectivity index (χ1n) is 5.34. The Hall–Kier alpha value is -1.76. The lowest BCUT2D eigenvalue weighted by molar-refractivity contribution is 0.0953. The van der Waals surface area contributed by atoms with E-state index in [0.29, 0.717) is 34.8 Å². The predicted molar refractivity (Wildman–Crippen MR) is 67.0 cm³/mol. The average Bonchev–Trinajstić information content (AvgIpc) is 2.76. The van der Waals surface area contributed by atoms with E-state index < -0.39 is 0 Å². The lowest BCUT2D eigenvalue weighted by Gasteiger charge is -2.02. The molecule has 0 spiro atoms. The Bertz CT molecular complexity index is 538. The summed E-state index contributed by atoms with van der Waals surface area (Å²) >= 11 is 3.21. The highest BCUT2D eigenvalue weighted by Gasteiger charge is 2.07. The molecule has 0 aromatic carbocycles. The van der Waals surface area contributed by atoms with Gasteiger partial charge in [0.1, 0.15) is 4.60 Å². The van der Waals surface area contributed by atoms with Gasteiger partial charge in [-0.15, -0.1) is 0 Å². The molecule has 0 bridgehead atoms. The number of rotatable bonds is 4. The highest BCUT2D eigenvalue weighted by atomic mass is 79.9. The molecule has 6 nitrogen and oxygen atoms in total. The maximum atomic E-state index is 11.7. The van der Waals surface area contributed by atoms with Gasteiger partial charge >= 0.3 is 0 Å². The molecular formula is C11H11BrN4O2. The summed E-state index contributed by atoms with van der Waals surface area (Å²) in [5.41, 5.74) is 0.514. The molecule has 0 radical (unpaired) electrons. The first-order chi connectivity index (χ1) is 8.65. The summed E-state index contributed by atoms with van der Waals surface area (Å²) in [5.74, 6) is 0.932. The van der Waals surface area contributed by atoms with E-state index in [2.05, 4.69) is 36.4 Å². The first-order valence-corrected chi connectivity index (χ1v) is 6.13. The third kappa shape index (κ3) is 3.36. The van der Waals surface area contributed by atoms with Crippen molar-refractivity contribution in [3.8, 4) is 0 Å². The third-order valence-electron chi connectivity index (χ3n) is 2.18. The van der Waals surface area contributed by atoms with E-state index in [1.807, 2.05) is 0 Å². The molecule has 0 saturated heterocycles. The molecule has 0 fully saturated rings. The van der Waals surface area contributed by atoms with Crippen molar-refractivity contribution in [2.45, 2.75) is 13.3 Å². The summed E-state index contributed by atoms with van der Waals surface area (Å²) in [6.45, 7) is 2.19. The zero-order valence-corrected chi connectivity index (χ0v) is 11.3. The third-order valence-corrected chi connectivity index (χ3v) is 2.65. The minimum Gasteiger partial charge on any atom is -0.351 e. The Morgan fingerprint density at radius 3 is 2.94 bits per heavy atom. The molecule has 18 heavy (non-hydrogen) atoms. The Kier molecular flexibility index (Phi) is 4.03. The summed E-state index contributed by atoms with van der Waals surface area (Å²) in [6.07, 6.45) is 2.02. The van der Waals surface area contributed by atoms with Crippen LogP contribution < -0.4 is 5.32 Å². The van der Waals surface area contributed by atoms with E-state index in [4.69, 9.17) is 4.52 Å². The monoisotopic (exact) mass is 310 g/mol. The second kappa shape index (κ2) is 5.72. The van der Waals surface area contributed by atoms with Crippen LogP contribution in [0.4, 0.5) is 0 Å². The van der Waals surface area contributed by atoms with Crippen LogP contribution in [0, 0.1) is 6.92 Å². The van der Waals surface area contributed by atoms with Crippen molar-refractivity contribution in [3.63, 3.8) is 0 Å². The van der Waals surface area contributed by atoms with Gasteiger partial charge in [0.25, 0.3) is 5.91 Å². The van der Waals surface area contributed by atoms with Crippen molar-refractivity contribution in [2.75, 3.05) is 6.54 Å². The van der Waals surface area contributed by atoms with E-state index in [0.717, 1.165) is 0 Å². The number of pyridine rings is 1. The molecule has 7 heteroatoms. The van der Waals surface area contributed by atoms with Crippen molar-refractivity contribution < 1.29 is 9.32 Å². The molecule has 2 aromatic heterocycles. The number of aryl methyl sites for hydroxylation is 1. The van der Waals surface area contributed by atoms with Gasteiger partial charge in [0, 0.05) is 19.2 Å². The van der Waals surface area contributed by atoms with Gasteiger partial charge < -0.3 is 9.84 Å². The number of nitrogens with zero attached hydrogens (tertiary/aromatic N) is 3. The van der Waals surface area contributed by atoms with E-state index >= 15 is 0 Å². The molecule has 0 atom stereocenters. The minimum atomic E-state index is -0.175. The van der Waals surface area contributed by atoms with Crippen LogP contribution in [-0.2, 0) is 6.42 Å². The molecule has 2 rings (SSSR count). The van der Waals surface area contributed by atoms with Crippen LogP contribution in [-0.4, -0.2) is 27.6 Å². The van der Waals surface area contributed by atoms with Gasteiger partial charge in [-0.2, -0.15) is 4.98 Å². The van der Waals surface area contributed by atoms with Gasteiger partial charge in [0.05, 0.1) is 5.56 Å². The minimum absolute atomic E-state index is 0.175.